The van der Waals surface area contributed by atoms with Crippen molar-refractivity contribution in [2.24, 2.45) is 0 Å². The third-order valence-electron chi connectivity index (χ3n) is 3.21. The first-order valence-electron chi connectivity index (χ1n) is 6.93. The zero-order valence-electron chi connectivity index (χ0n) is 12.3. The number of hydrogen-bond acceptors (Lipinski definition) is 1. The molecule has 0 N–H and O–H groups in total. The highest BCUT2D eigenvalue weighted by Gasteiger charge is 2.11. The molecule has 0 amide bonds. The van der Waals surface area contributed by atoms with Crippen LogP contribution in [0.3, 0.4) is 0 Å². The molecule has 2 rings (SSSR count). The van der Waals surface area contributed by atoms with Crippen LogP contribution in [0.2, 0.25) is 19.6 Å². The van der Waals surface area contributed by atoms with E-state index in [4.69, 9.17) is 0 Å². The van der Waals surface area contributed by atoms with Gasteiger partial charge in [0.05, 0.1) is 0 Å². The van der Waals surface area contributed by atoms with Crippen molar-refractivity contribution in [3.05, 3.63) is 35.2 Å². The van der Waals surface area contributed by atoms with Crippen LogP contribution in [0.25, 0.3) is 10.1 Å². The van der Waals surface area contributed by atoms with Crippen LogP contribution in [-0.4, -0.2) is 8.07 Å². The lowest BCUT2D eigenvalue weighted by atomic mass is 9.96. The fourth-order valence-electron chi connectivity index (χ4n) is 2.15. The predicted molar refractivity (Wildman–Crippen MR) is 90.6 cm³/mol. The van der Waals surface area contributed by atoms with Crippen LogP contribution >= 0.6 is 11.3 Å². The molecule has 1 aromatic heterocycles. The summed E-state index contributed by atoms with van der Waals surface area (Å²) in [6.07, 6.45) is 2.19. The molecule has 0 nitrogen and oxygen atoms in total. The number of fused-ring (bicyclic) bond motifs is 1. The van der Waals surface area contributed by atoms with Gasteiger partial charge in [-0.1, -0.05) is 44.8 Å². The minimum atomic E-state index is -1.20. The first-order valence-corrected chi connectivity index (χ1v) is 11.3. The van der Waals surface area contributed by atoms with Gasteiger partial charge in [-0.2, -0.15) is 0 Å². The maximum atomic E-state index is 3.45. The second-order valence-electron chi connectivity index (χ2n) is 6.18. The summed E-state index contributed by atoms with van der Waals surface area (Å²) in [4.78, 5) is 0. The lowest BCUT2D eigenvalue weighted by Crippen LogP contribution is -2.16. The molecule has 0 aliphatic carbocycles. The van der Waals surface area contributed by atoms with E-state index in [2.05, 4.69) is 67.7 Å². The number of thiophene rings is 1. The van der Waals surface area contributed by atoms with Crippen molar-refractivity contribution in [2.45, 2.75) is 45.3 Å². The van der Waals surface area contributed by atoms with Crippen LogP contribution in [0.5, 0.6) is 0 Å². The van der Waals surface area contributed by atoms with Crippen molar-refractivity contribution in [1.29, 1.82) is 0 Å². The highest BCUT2D eigenvalue weighted by molar-refractivity contribution is 7.17. The molecule has 0 aliphatic heterocycles. The molecule has 1 unspecified atom stereocenters. The molecule has 0 saturated heterocycles. The number of rotatable bonds is 3. The average Bonchev–Trinajstić information content (AvgIpc) is 2.77. The third-order valence-corrected chi connectivity index (χ3v) is 5.12. The van der Waals surface area contributed by atoms with Crippen LogP contribution in [0, 0.1) is 11.5 Å². The van der Waals surface area contributed by atoms with Gasteiger partial charge >= 0.3 is 0 Å². The summed E-state index contributed by atoms with van der Waals surface area (Å²) in [7, 11) is -1.20. The van der Waals surface area contributed by atoms with Crippen LogP contribution < -0.4 is 0 Å². The van der Waals surface area contributed by atoms with Gasteiger partial charge in [-0.3, -0.25) is 0 Å². The van der Waals surface area contributed by atoms with E-state index >= 15 is 0 Å². The molecule has 0 aliphatic rings. The third kappa shape index (κ3) is 3.96. The summed E-state index contributed by atoms with van der Waals surface area (Å²) in [6.45, 7) is 9.23. The maximum Gasteiger partial charge on any atom is 0.129 e. The Hall–Kier alpha value is -1.04. The molecule has 1 aromatic carbocycles. The van der Waals surface area contributed by atoms with E-state index in [1.807, 2.05) is 11.3 Å². The first-order chi connectivity index (χ1) is 8.97. The smallest absolute Gasteiger partial charge is 0.129 e. The zero-order valence-corrected chi connectivity index (χ0v) is 14.1. The maximum absolute atomic E-state index is 3.45. The predicted octanol–water partition coefficient (Wildman–Crippen LogP) is 5.67. The Morgan fingerprint density at radius 2 is 1.95 bits per heavy atom. The van der Waals surface area contributed by atoms with Crippen LogP contribution in [0.1, 0.15) is 31.2 Å². The lowest BCUT2D eigenvalue weighted by Gasteiger charge is -2.09. The SMILES string of the molecule is CC(CCC#C[Si](C)(C)C)c1csc2ccccc12. The second-order valence-corrected chi connectivity index (χ2v) is 11.8. The van der Waals surface area contributed by atoms with E-state index in [1.54, 1.807) is 0 Å². The van der Waals surface area contributed by atoms with Gasteiger partial charge in [-0.15, -0.1) is 22.8 Å². The van der Waals surface area contributed by atoms with Crippen molar-refractivity contribution in [3.63, 3.8) is 0 Å². The minimum Gasteiger partial charge on any atom is -0.144 e. The Balaban J connectivity index is 2.04. The molecule has 2 aromatic rings. The van der Waals surface area contributed by atoms with Crippen molar-refractivity contribution in [1.82, 2.24) is 0 Å². The number of benzene rings is 1. The van der Waals surface area contributed by atoms with E-state index in [-0.39, 0.29) is 0 Å². The zero-order chi connectivity index (χ0) is 13.9. The van der Waals surface area contributed by atoms with Crippen molar-refractivity contribution in [2.75, 3.05) is 0 Å². The van der Waals surface area contributed by atoms with Gasteiger partial charge in [0, 0.05) is 11.1 Å². The summed E-state index contributed by atoms with van der Waals surface area (Å²) >= 11 is 1.86. The molecule has 0 fully saturated rings. The molecule has 2 heteroatoms. The largest absolute Gasteiger partial charge is 0.144 e. The van der Waals surface area contributed by atoms with E-state index in [0.29, 0.717) is 5.92 Å². The standard InChI is InChI=1S/C17H22SSi/c1-14(9-7-8-12-19(2,3)4)16-13-18-17-11-6-5-10-15(16)17/h5-6,10-11,13-14H,7,9H2,1-4H3. The van der Waals surface area contributed by atoms with Gasteiger partial charge in [0.2, 0.25) is 0 Å². The summed E-state index contributed by atoms with van der Waals surface area (Å²) in [6, 6.07) is 8.70. The molecule has 0 saturated carbocycles. The van der Waals surface area contributed by atoms with Gasteiger partial charge < -0.3 is 0 Å². The summed E-state index contributed by atoms with van der Waals surface area (Å²) in [5, 5.41) is 3.75. The molecule has 19 heavy (non-hydrogen) atoms. The average molecular weight is 287 g/mol. The Morgan fingerprint density at radius 3 is 2.68 bits per heavy atom. The monoisotopic (exact) mass is 286 g/mol. The Morgan fingerprint density at radius 1 is 1.21 bits per heavy atom. The molecule has 1 atom stereocenters. The normalized spacial score (nSPS) is 13.1. The van der Waals surface area contributed by atoms with E-state index < -0.39 is 8.07 Å². The molecule has 100 valence electrons. The van der Waals surface area contributed by atoms with Gasteiger partial charge in [-0.25, -0.2) is 0 Å². The Labute approximate surface area is 121 Å². The lowest BCUT2D eigenvalue weighted by molar-refractivity contribution is 0.705. The van der Waals surface area contributed by atoms with Crippen molar-refractivity contribution in [3.8, 4) is 11.5 Å². The fourth-order valence-corrected chi connectivity index (χ4v) is 3.89. The molecule has 0 radical (unpaired) electrons. The number of hydrogen-bond donors (Lipinski definition) is 0. The summed E-state index contributed by atoms with van der Waals surface area (Å²) in [5.74, 6) is 3.99. The van der Waals surface area contributed by atoms with Gasteiger partial charge in [0.15, 0.2) is 0 Å². The van der Waals surface area contributed by atoms with Gasteiger partial charge in [-0.05, 0) is 34.7 Å². The quantitative estimate of drug-likeness (QED) is 0.504. The van der Waals surface area contributed by atoms with E-state index in [0.717, 1.165) is 12.8 Å². The van der Waals surface area contributed by atoms with E-state index in [9.17, 15) is 0 Å². The fraction of sp³-hybridized carbons (Fsp3) is 0.412. The van der Waals surface area contributed by atoms with E-state index in [1.165, 1.54) is 15.6 Å². The van der Waals surface area contributed by atoms with Gasteiger partial charge in [0.25, 0.3) is 0 Å². The highest BCUT2D eigenvalue weighted by Crippen LogP contribution is 2.33. The highest BCUT2D eigenvalue weighted by atomic mass is 32.1. The van der Waals surface area contributed by atoms with Crippen molar-refractivity contribution < 1.29 is 0 Å². The van der Waals surface area contributed by atoms with Crippen LogP contribution in [0.4, 0.5) is 0 Å². The molecular weight excluding hydrogens is 264 g/mol. The van der Waals surface area contributed by atoms with Crippen LogP contribution in [-0.2, 0) is 0 Å². The molecule has 0 spiro atoms. The summed E-state index contributed by atoms with van der Waals surface area (Å²) < 4.78 is 1.40. The minimum absolute atomic E-state index is 0.604. The van der Waals surface area contributed by atoms with Gasteiger partial charge in [0.1, 0.15) is 8.07 Å². The van der Waals surface area contributed by atoms with Crippen molar-refractivity contribution >= 4 is 29.5 Å². The topological polar surface area (TPSA) is 0 Å². The Kier molecular flexibility index (Phi) is 4.49. The molecule has 1 heterocycles. The second kappa shape index (κ2) is 5.94. The molecule has 0 bridgehead atoms. The van der Waals surface area contributed by atoms with Crippen LogP contribution in [0.15, 0.2) is 29.6 Å². The Bertz CT molecular complexity index is 607. The molecular formula is C17H22SSi. The first kappa shape index (κ1) is 14.4. The summed E-state index contributed by atoms with van der Waals surface area (Å²) in [5.41, 5.74) is 4.95.